The first-order valence-corrected chi connectivity index (χ1v) is 7.62. The van der Waals surface area contributed by atoms with Crippen molar-refractivity contribution >= 4 is 17.0 Å². The third-order valence-electron chi connectivity index (χ3n) is 3.43. The van der Waals surface area contributed by atoms with Crippen molar-refractivity contribution in [2.24, 2.45) is 0 Å². The van der Waals surface area contributed by atoms with Gasteiger partial charge in [0.1, 0.15) is 5.75 Å². The molecular weight excluding hydrogens is 314 g/mol. The Bertz CT molecular complexity index is 896. The van der Waals surface area contributed by atoms with Crippen LogP contribution in [0.5, 0.6) is 5.75 Å². The standard InChI is InChI=1S/C16H13N3O3S/c1-22-14-8-6-12(7-9-14)18-15(10-23-16(18)17)11-2-4-13(5-3-11)19(20)21/h2-10,17H,1H3. The minimum absolute atomic E-state index is 0.0473. The quantitative estimate of drug-likeness (QED) is 0.587. The molecule has 1 heterocycles. The van der Waals surface area contributed by atoms with Crippen LogP contribution in [0.25, 0.3) is 16.9 Å². The van der Waals surface area contributed by atoms with Crippen LogP contribution in [0.3, 0.4) is 0 Å². The molecule has 0 aliphatic carbocycles. The number of nitrogens with zero attached hydrogens (tertiary/aromatic N) is 2. The number of nitro benzene ring substituents is 1. The van der Waals surface area contributed by atoms with Crippen molar-refractivity contribution in [2.45, 2.75) is 0 Å². The van der Waals surface area contributed by atoms with Gasteiger partial charge in [-0.15, -0.1) is 11.3 Å². The molecule has 0 radical (unpaired) electrons. The number of aromatic nitrogens is 1. The van der Waals surface area contributed by atoms with Crippen LogP contribution in [0, 0.1) is 15.5 Å². The molecule has 1 N–H and O–H groups in total. The van der Waals surface area contributed by atoms with Gasteiger partial charge in [-0.05, 0) is 42.0 Å². The van der Waals surface area contributed by atoms with E-state index in [-0.39, 0.29) is 5.69 Å². The van der Waals surface area contributed by atoms with Crippen LogP contribution in [0.15, 0.2) is 53.9 Å². The van der Waals surface area contributed by atoms with Crippen molar-refractivity contribution < 1.29 is 9.66 Å². The minimum Gasteiger partial charge on any atom is -0.497 e. The summed E-state index contributed by atoms with van der Waals surface area (Å²) in [7, 11) is 1.60. The van der Waals surface area contributed by atoms with Crippen molar-refractivity contribution in [3.05, 3.63) is 68.8 Å². The molecule has 0 spiro atoms. The van der Waals surface area contributed by atoms with Gasteiger partial charge >= 0.3 is 0 Å². The highest BCUT2D eigenvalue weighted by Gasteiger charge is 2.11. The van der Waals surface area contributed by atoms with E-state index in [1.807, 2.05) is 29.6 Å². The van der Waals surface area contributed by atoms with Gasteiger partial charge in [0.15, 0.2) is 4.80 Å². The predicted octanol–water partition coefficient (Wildman–Crippen LogP) is 3.60. The lowest BCUT2D eigenvalue weighted by atomic mass is 10.1. The first kappa shape index (κ1) is 15.0. The van der Waals surface area contributed by atoms with Crippen molar-refractivity contribution in [3.63, 3.8) is 0 Å². The number of thiazole rings is 1. The second kappa shape index (κ2) is 6.05. The molecule has 0 saturated heterocycles. The first-order chi connectivity index (χ1) is 11.1. The zero-order valence-electron chi connectivity index (χ0n) is 12.2. The number of nitrogens with one attached hydrogen (secondary N) is 1. The third kappa shape index (κ3) is 2.86. The van der Waals surface area contributed by atoms with Crippen molar-refractivity contribution in [3.8, 4) is 22.7 Å². The summed E-state index contributed by atoms with van der Waals surface area (Å²) in [4.78, 5) is 10.7. The molecule has 0 atom stereocenters. The van der Waals surface area contributed by atoms with Crippen LogP contribution in [-0.2, 0) is 0 Å². The average Bonchev–Trinajstić information content (AvgIpc) is 2.96. The van der Waals surface area contributed by atoms with Gasteiger partial charge < -0.3 is 4.74 Å². The van der Waals surface area contributed by atoms with Gasteiger partial charge in [0.05, 0.1) is 17.7 Å². The lowest BCUT2D eigenvalue weighted by molar-refractivity contribution is -0.384. The molecule has 0 fully saturated rings. The number of rotatable bonds is 4. The number of ether oxygens (including phenoxy) is 1. The minimum atomic E-state index is -0.426. The molecule has 3 rings (SSSR count). The van der Waals surface area contributed by atoms with Crippen LogP contribution in [0.1, 0.15) is 0 Å². The van der Waals surface area contributed by atoms with Crippen molar-refractivity contribution in [2.75, 3.05) is 7.11 Å². The molecular formula is C16H13N3O3S. The molecule has 1 aromatic heterocycles. The van der Waals surface area contributed by atoms with Gasteiger partial charge in [-0.2, -0.15) is 0 Å². The number of methoxy groups -OCH3 is 1. The van der Waals surface area contributed by atoms with Crippen LogP contribution < -0.4 is 9.54 Å². The van der Waals surface area contributed by atoms with E-state index in [0.717, 1.165) is 22.7 Å². The van der Waals surface area contributed by atoms with E-state index < -0.39 is 4.92 Å². The zero-order valence-corrected chi connectivity index (χ0v) is 13.0. The zero-order chi connectivity index (χ0) is 16.4. The Morgan fingerprint density at radius 3 is 2.35 bits per heavy atom. The van der Waals surface area contributed by atoms with E-state index in [2.05, 4.69) is 0 Å². The Morgan fingerprint density at radius 1 is 1.13 bits per heavy atom. The second-order valence-electron chi connectivity index (χ2n) is 4.76. The molecule has 0 saturated carbocycles. The van der Waals surface area contributed by atoms with E-state index in [9.17, 15) is 10.1 Å². The van der Waals surface area contributed by atoms with Gasteiger partial charge in [0.2, 0.25) is 0 Å². The van der Waals surface area contributed by atoms with Crippen molar-refractivity contribution in [1.82, 2.24) is 4.57 Å². The number of hydrogen-bond donors (Lipinski definition) is 1. The van der Waals surface area contributed by atoms with Gasteiger partial charge in [-0.1, -0.05) is 0 Å². The molecule has 0 aliphatic rings. The maximum Gasteiger partial charge on any atom is 0.269 e. The van der Waals surface area contributed by atoms with Gasteiger partial charge in [0, 0.05) is 23.2 Å². The monoisotopic (exact) mass is 327 g/mol. The lowest BCUT2D eigenvalue weighted by Gasteiger charge is -2.09. The maximum atomic E-state index is 10.8. The summed E-state index contributed by atoms with van der Waals surface area (Å²) >= 11 is 1.31. The molecule has 0 unspecified atom stereocenters. The Kier molecular flexibility index (Phi) is 3.94. The molecule has 7 heteroatoms. The highest BCUT2D eigenvalue weighted by molar-refractivity contribution is 7.07. The summed E-state index contributed by atoms with van der Waals surface area (Å²) in [6.45, 7) is 0. The smallest absolute Gasteiger partial charge is 0.269 e. The average molecular weight is 327 g/mol. The van der Waals surface area contributed by atoms with E-state index in [1.54, 1.807) is 23.8 Å². The third-order valence-corrected chi connectivity index (χ3v) is 4.18. The summed E-state index contributed by atoms with van der Waals surface area (Å²) in [5.74, 6) is 0.744. The lowest BCUT2D eigenvalue weighted by Crippen LogP contribution is -2.12. The topological polar surface area (TPSA) is 81.2 Å². The molecule has 3 aromatic rings. The molecule has 6 nitrogen and oxygen atoms in total. The van der Waals surface area contributed by atoms with Gasteiger partial charge in [-0.25, -0.2) is 0 Å². The summed E-state index contributed by atoms with van der Waals surface area (Å²) in [5.41, 5.74) is 2.53. The largest absolute Gasteiger partial charge is 0.497 e. The molecule has 0 bridgehead atoms. The summed E-state index contributed by atoms with van der Waals surface area (Å²) < 4.78 is 6.95. The molecule has 2 aromatic carbocycles. The van der Waals surface area contributed by atoms with Crippen LogP contribution in [-0.4, -0.2) is 16.6 Å². The molecule has 0 aliphatic heterocycles. The number of non-ortho nitro benzene ring substituents is 1. The predicted molar refractivity (Wildman–Crippen MR) is 88.1 cm³/mol. The normalized spacial score (nSPS) is 10.5. The Morgan fingerprint density at radius 2 is 1.78 bits per heavy atom. The number of benzene rings is 2. The molecule has 23 heavy (non-hydrogen) atoms. The first-order valence-electron chi connectivity index (χ1n) is 6.74. The summed E-state index contributed by atoms with van der Waals surface area (Å²) in [6.07, 6.45) is 0. The summed E-state index contributed by atoms with van der Waals surface area (Å²) in [6, 6.07) is 13.7. The van der Waals surface area contributed by atoms with E-state index >= 15 is 0 Å². The van der Waals surface area contributed by atoms with Gasteiger partial charge in [-0.3, -0.25) is 20.1 Å². The van der Waals surface area contributed by atoms with Gasteiger partial charge in [0.25, 0.3) is 5.69 Å². The fourth-order valence-electron chi connectivity index (χ4n) is 2.27. The Labute approximate surface area is 135 Å². The van der Waals surface area contributed by atoms with Crippen LogP contribution in [0.4, 0.5) is 5.69 Å². The number of hydrogen-bond acceptors (Lipinski definition) is 5. The SMILES string of the molecule is COc1ccc(-n2c(-c3ccc([N+](=O)[O-])cc3)csc2=N)cc1. The molecule has 0 amide bonds. The Balaban J connectivity index is 2.07. The van der Waals surface area contributed by atoms with Crippen LogP contribution >= 0.6 is 11.3 Å². The van der Waals surface area contributed by atoms with Crippen molar-refractivity contribution in [1.29, 1.82) is 5.41 Å². The maximum absolute atomic E-state index is 10.8. The Hall–Kier alpha value is -2.93. The summed E-state index contributed by atoms with van der Waals surface area (Å²) in [5, 5.41) is 20.8. The second-order valence-corrected chi connectivity index (χ2v) is 5.62. The molecule has 116 valence electrons. The fourth-order valence-corrected chi connectivity index (χ4v) is 3.04. The van der Waals surface area contributed by atoms with E-state index in [4.69, 9.17) is 10.1 Å². The highest BCUT2D eigenvalue weighted by Crippen LogP contribution is 2.26. The number of nitro groups is 1. The van der Waals surface area contributed by atoms with E-state index in [1.165, 1.54) is 23.5 Å². The van der Waals surface area contributed by atoms with Crippen LogP contribution in [0.2, 0.25) is 0 Å². The van der Waals surface area contributed by atoms with E-state index in [0.29, 0.717) is 4.80 Å². The fraction of sp³-hybridized carbons (Fsp3) is 0.0625. The highest BCUT2D eigenvalue weighted by atomic mass is 32.1.